The Morgan fingerprint density at radius 3 is 2.67 bits per heavy atom. The van der Waals surface area contributed by atoms with Crippen LogP contribution in [0, 0.1) is 18.3 Å². The van der Waals surface area contributed by atoms with E-state index in [1.807, 2.05) is 19.1 Å². The van der Waals surface area contributed by atoms with E-state index in [-0.39, 0.29) is 12.5 Å². The number of nitriles is 1. The van der Waals surface area contributed by atoms with E-state index >= 15 is 0 Å². The van der Waals surface area contributed by atoms with Gasteiger partial charge in [0.25, 0.3) is 5.91 Å². The van der Waals surface area contributed by atoms with Gasteiger partial charge in [-0.1, -0.05) is 17.7 Å². The van der Waals surface area contributed by atoms with Gasteiger partial charge >= 0.3 is 0 Å². The first-order valence-corrected chi connectivity index (χ1v) is 6.65. The number of carbonyl (C=O) groups is 1. The molecule has 0 aliphatic carbocycles. The van der Waals surface area contributed by atoms with Gasteiger partial charge in [0, 0.05) is 5.69 Å². The summed E-state index contributed by atoms with van der Waals surface area (Å²) in [6.45, 7) is 1.78. The summed E-state index contributed by atoms with van der Waals surface area (Å²) < 4.78 is 5.40. The number of benzene rings is 2. The molecule has 0 radical (unpaired) electrons. The van der Waals surface area contributed by atoms with Gasteiger partial charge in [-0.25, -0.2) is 0 Å². The molecule has 2 aromatic carbocycles. The Balaban J connectivity index is 1.92. The Labute approximate surface area is 127 Å². The Bertz CT molecular complexity index is 690. The topological polar surface area (TPSA) is 62.1 Å². The molecule has 0 saturated heterocycles. The van der Waals surface area contributed by atoms with Crippen molar-refractivity contribution >= 4 is 23.2 Å². The summed E-state index contributed by atoms with van der Waals surface area (Å²) in [5.74, 6) is 0.184. The molecule has 0 heterocycles. The summed E-state index contributed by atoms with van der Waals surface area (Å²) in [6, 6.07) is 14.0. The Morgan fingerprint density at radius 1 is 1.29 bits per heavy atom. The lowest BCUT2D eigenvalue weighted by atomic mass is 10.2. The molecule has 1 amide bonds. The summed E-state index contributed by atoms with van der Waals surface area (Å²) in [5.41, 5.74) is 2.15. The molecular formula is C16H13ClN2O2. The Kier molecular flexibility index (Phi) is 4.81. The summed E-state index contributed by atoms with van der Waals surface area (Å²) in [6.07, 6.45) is 0. The van der Waals surface area contributed by atoms with Crippen LogP contribution in [-0.4, -0.2) is 12.5 Å². The SMILES string of the molecule is Cc1ccc(Cl)c(OCC(=O)Nc2ccc(C#N)cc2)c1. The number of amides is 1. The highest BCUT2D eigenvalue weighted by Gasteiger charge is 2.06. The Morgan fingerprint density at radius 2 is 2.00 bits per heavy atom. The van der Waals surface area contributed by atoms with E-state index in [1.54, 1.807) is 36.4 Å². The molecule has 0 spiro atoms. The quantitative estimate of drug-likeness (QED) is 0.939. The minimum Gasteiger partial charge on any atom is -0.482 e. The minimum atomic E-state index is -0.294. The third-order valence-electron chi connectivity index (χ3n) is 2.74. The van der Waals surface area contributed by atoms with Crippen molar-refractivity contribution in [1.82, 2.24) is 0 Å². The highest BCUT2D eigenvalue weighted by atomic mass is 35.5. The van der Waals surface area contributed by atoms with Gasteiger partial charge in [-0.2, -0.15) is 5.26 Å². The number of halogens is 1. The standard InChI is InChI=1S/C16H13ClN2O2/c1-11-2-7-14(17)15(8-11)21-10-16(20)19-13-5-3-12(9-18)4-6-13/h2-8H,10H2,1H3,(H,19,20). The fourth-order valence-electron chi connectivity index (χ4n) is 1.69. The number of carbonyl (C=O) groups excluding carboxylic acids is 1. The van der Waals surface area contributed by atoms with Gasteiger partial charge in [0.2, 0.25) is 0 Å². The van der Waals surface area contributed by atoms with Gasteiger partial charge in [-0.15, -0.1) is 0 Å². The zero-order valence-electron chi connectivity index (χ0n) is 11.4. The van der Waals surface area contributed by atoms with Crippen molar-refractivity contribution in [3.8, 4) is 11.8 Å². The maximum atomic E-state index is 11.8. The molecule has 0 aliphatic heterocycles. The molecule has 0 saturated carbocycles. The molecule has 0 aliphatic rings. The van der Waals surface area contributed by atoms with Crippen molar-refractivity contribution in [1.29, 1.82) is 5.26 Å². The van der Waals surface area contributed by atoms with Crippen LogP contribution in [0.3, 0.4) is 0 Å². The van der Waals surface area contributed by atoms with Gasteiger partial charge in [0.1, 0.15) is 5.75 Å². The van der Waals surface area contributed by atoms with Gasteiger partial charge in [-0.05, 0) is 48.9 Å². The molecule has 0 unspecified atom stereocenters. The van der Waals surface area contributed by atoms with Crippen LogP contribution >= 0.6 is 11.6 Å². The van der Waals surface area contributed by atoms with Gasteiger partial charge < -0.3 is 10.1 Å². The number of nitrogens with zero attached hydrogens (tertiary/aromatic N) is 1. The zero-order valence-corrected chi connectivity index (χ0v) is 12.1. The predicted molar refractivity (Wildman–Crippen MR) is 81.5 cm³/mol. The summed E-state index contributed by atoms with van der Waals surface area (Å²) in [5, 5.41) is 11.8. The molecule has 0 bridgehead atoms. The molecule has 0 atom stereocenters. The first kappa shape index (κ1) is 14.9. The van der Waals surface area contributed by atoms with Crippen LogP contribution in [0.4, 0.5) is 5.69 Å². The number of aryl methyl sites for hydroxylation is 1. The van der Waals surface area contributed by atoms with E-state index in [9.17, 15) is 4.79 Å². The van der Waals surface area contributed by atoms with E-state index in [4.69, 9.17) is 21.6 Å². The summed E-state index contributed by atoms with van der Waals surface area (Å²) >= 11 is 5.99. The van der Waals surface area contributed by atoms with Crippen LogP contribution in [0.25, 0.3) is 0 Å². The van der Waals surface area contributed by atoms with Crippen LogP contribution in [0.1, 0.15) is 11.1 Å². The molecule has 0 fully saturated rings. The average Bonchev–Trinajstić information content (AvgIpc) is 2.49. The fraction of sp³-hybridized carbons (Fsp3) is 0.125. The van der Waals surface area contributed by atoms with Crippen molar-refractivity contribution in [2.45, 2.75) is 6.92 Å². The number of rotatable bonds is 4. The van der Waals surface area contributed by atoms with Gasteiger partial charge in [0.15, 0.2) is 6.61 Å². The number of hydrogen-bond acceptors (Lipinski definition) is 3. The van der Waals surface area contributed by atoms with Crippen molar-refractivity contribution in [3.63, 3.8) is 0 Å². The van der Waals surface area contributed by atoms with Gasteiger partial charge in [-0.3, -0.25) is 4.79 Å². The predicted octanol–water partition coefficient (Wildman–Crippen LogP) is 3.54. The summed E-state index contributed by atoms with van der Waals surface area (Å²) in [4.78, 5) is 11.8. The second-order valence-electron chi connectivity index (χ2n) is 4.46. The fourth-order valence-corrected chi connectivity index (χ4v) is 1.86. The molecule has 4 nitrogen and oxygen atoms in total. The van der Waals surface area contributed by atoms with Crippen molar-refractivity contribution in [2.75, 3.05) is 11.9 Å². The number of nitrogens with one attached hydrogen (secondary N) is 1. The van der Waals surface area contributed by atoms with Crippen LogP contribution in [-0.2, 0) is 4.79 Å². The van der Waals surface area contributed by atoms with Crippen LogP contribution in [0.2, 0.25) is 5.02 Å². The first-order valence-electron chi connectivity index (χ1n) is 6.27. The van der Waals surface area contributed by atoms with E-state index < -0.39 is 0 Å². The second kappa shape index (κ2) is 6.78. The molecule has 5 heteroatoms. The molecular weight excluding hydrogens is 288 g/mol. The lowest BCUT2D eigenvalue weighted by Crippen LogP contribution is -2.20. The molecule has 2 aromatic rings. The van der Waals surface area contributed by atoms with E-state index in [2.05, 4.69) is 5.32 Å². The van der Waals surface area contributed by atoms with Crippen molar-refractivity contribution < 1.29 is 9.53 Å². The number of ether oxygens (including phenoxy) is 1. The zero-order chi connectivity index (χ0) is 15.2. The normalized spacial score (nSPS) is 9.76. The smallest absolute Gasteiger partial charge is 0.262 e. The molecule has 1 N–H and O–H groups in total. The first-order chi connectivity index (χ1) is 10.1. The average molecular weight is 301 g/mol. The second-order valence-corrected chi connectivity index (χ2v) is 4.87. The number of anilines is 1. The van der Waals surface area contributed by atoms with Crippen LogP contribution in [0.15, 0.2) is 42.5 Å². The Hall–Kier alpha value is -2.51. The van der Waals surface area contributed by atoms with Crippen LogP contribution < -0.4 is 10.1 Å². The third kappa shape index (κ3) is 4.23. The van der Waals surface area contributed by atoms with E-state index in [1.165, 1.54) is 0 Å². The maximum absolute atomic E-state index is 11.8. The lowest BCUT2D eigenvalue weighted by molar-refractivity contribution is -0.118. The van der Waals surface area contributed by atoms with Gasteiger partial charge in [0.05, 0.1) is 16.7 Å². The molecule has 0 aromatic heterocycles. The van der Waals surface area contributed by atoms with Crippen molar-refractivity contribution in [2.24, 2.45) is 0 Å². The lowest BCUT2D eigenvalue weighted by Gasteiger charge is -2.09. The summed E-state index contributed by atoms with van der Waals surface area (Å²) in [7, 11) is 0. The van der Waals surface area contributed by atoms with E-state index in [0.29, 0.717) is 22.0 Å². The van der Waals surface area contributed by atoms with Crippen molar-refractivity contribution in [3.05, 3.63) is 58.6 Å². The number of hydrogen-bond donors (Lipinski definition) is 1. The largest absolute Gasteiger partial charge is 0.482 e. The molecule has 106 valence electrons. The van der Waals surface area contributed by atoms with Crippen LogP contribution in [0.5, 0.6) is 5.75 Å². The monoisotopic (exact) mass is 300 g/mol. The maximum Gasteiger partial charge on any atom is 0.262 e. The highest BCUT2D eigenvalue weighted by molar-refractivity contribution is 6.32. The van der Waals surface area contributed by atoms with E-state index in [0.717, 1.165) is 5.56 Å². The highest BCUT2D eigenvalue weighted by Crippen LogP contribution is 2.25. The third-order valence-corrected chi connectivity index (χ3v) is 3.06. The molecule has 21 heavy (non-hydrogen) atoms. The minimum absolute atomic E-state index is 0.136. The molecule has 2 rings (SSSR count).